The van der Waals surface area contributed by atoms with Crippen molar-refractivity contribution in [2.24, 2.45) is 0 Å². The van der Waals surface area contributed by atoms with Crippen LogP contribution in [0.2, 0.25) is 0 Å². The van der Waals surface area contributed by atoms with Gasteiger partial charge in [0, 0.05) is 12.7 Å². The molecule has 0 saturated carbocycles. The quantitative estimate of drug-likeness (QED) is 0.536. The summed E-state index contributed by atoms with van der Waals surface area (Å²) in [6.45, 7) is 3.25. The first kappa shape index (κ1) is 17.5. The first-order valence-corrected chi connectivity index (χ1v) is 8.95. The van der Waals surface area contributed by atoms with Crippen molar-refractivity contribution in [2.45, 2.75) is 45.1 Å². The molecule has 1 aliphatic heterocycles. The minimum absolute atomic E-state index is 0.0724. The van der Waals surface area contributed by atoms with Gasteiger partial charge >= 0.3 is 0 Å². The average Bonchev–Trinajstić information content (AvgIpc) is 2.58. The highest BCUT2D eigenvalue weighted by Gasteiger charge is 2.16. The van der Waals surface area contributed by atoms with Gasteiger partial charge in [-0.2, -0.15) is 0 Å². The van der Waals surface area contributed by atoms with E-state index < -0.39 is 0 Å². The fraction of sp³-hybridized carbons (Fsp3) is 0.381. The molecule has 4 nitrogen and oxygen atoms in total. The van der Waals surface area contributed by atoms with Crippen LogP contribution in [0.1, 0.15) is 39.0 Å². The van der Waals surface area contributed by atoms with Crippen molar-refractivity contribution in [3.05, 3.63) is 52.7 Å². The van der Waals surface area contributed by atoms with E-state index in [1.807, 2.05) is 0 Å². The number of hydrogen-bond acceptors (Lipinski definition) is 4. The van der Waals surface area contributed by atoms with Crippen LogP contribution >= 0.6 is 0 Å². The lowest BCUT2D eigenvalue weighted by molar-refractivity contribution is -0.0555. The molecule has 2 aromatic carbocycles. The van der Waals surface area contributed by atoms with E-state index in [0.717, 1.165) is 6.61 Å². The molecule has 1 aliphatic rings. The first-order valence-electron chi connectivity index (χ1n) is 8.95. The third-order valence-corrected chi connectivity index (χ3v) is 4.48. The molecule has 1 N–H and O–H groups in total. The number of fused-ring (bicyclic) bond motifs is 2. The number of unbranched alkanes of at least 4 members (excludes halogenated alkanes) is 2. The largest absolute Gasteiger partial charge is 0.508 e. The summed E-state index contributed by atoms with van der Waals surface area (Å²) < 4.78 is 10.8. The number of hydrogen-bond donors (Lipinski definition) is 1. The molecule has 132 valence electrons. The van der Waals surface area contributed by atoms with Crippen LogP contribution < -0.4 is 5.43 Å². The number of phenols is 1. The molecule has 0 spiro atoms. The van der Waals surface area contributed by atoms with Gasteiger partial charge in [0.05, 0.1) is 16.9 Å². The van der Waals surface area contributed by atoms with Crippen LogP contribution in [-0.2, 0) is 4.74 Å². The molecular formula is C21H24O4. The van der Waals surface area contributed by atoms with E-state index in [1.54, 1.807) is 30.3 Å². The van der Waals surface area contributed by atoms with E-state index in [9.17, 15) is 9.90 Å². The summed E-state index contributed by atoms with van der Waals surface area (Å²) in [5, 5.41) is 10.4. The summed E-state index contributed by atoms with van der Waals surface area (Å²) in [6.07, 6.45) is 7.31. The summed E-state index contributed by atoms with van der Waals surface area (Å²) in [5.74, 6) is 0.0888. The number of ether oxygens (including phenoxy) is 1. The Balaban J connectivity index is 0.000000173. The molecule has 0 bridgehead atoms. The summed E-state index contributed by atoms with van der Waals surface area (Å²) in [6, 6.07) is 11.6. The molecule has 1 saturated heterocycles. The maximum Gasteiger partial charge on any atom is 0.200 e. The van der Waals surface area contributed by atoms with Gasteiger partial charge in [-0.25, -0.2) is 0 Å². The van der Waals surface area contributed by atoms with Crippen LogP contribution in [0.15, 0.2) is 51.7 Å². The summed E-state index contributed by atoms with van der Waals surface area (Å²) in [5.41, 5.74) is 0.867. The van der Waals surface area contributed by atoms with Crippen molar-refractivity contribution < 1.29 is 14.3 Å². The number of phenolic OH excluding ortho intramolecular Hbond substituents is 1. The fourth-order valence-corrected chi connectivity index (χ4v) is 2.92. The van der Waals surface area contributed by atoms with Gasteiger partial charge in [-0.1, -0.05) is 38.3 Å². The molecule has 4 heteroatoms. The second-order valence-corrected chi connectivity index (χ2v) is 6.39. The minimum Gasteiger partial charge on any atom is -0.508 e. The monoisotopic (exact) mass is 340 g/mol. The molecular weight excluding hydrogens is 316 g/mol. The van der Waals surface area contributed by atoms with Gasteiger partial charge in [0.1, 0.15) is 16.9 Å². The first-order chi connectivity index (χ1) is 12.2. The predicted octanol–water partition coefficient (Wildman–Crippen LogP) is 5.01. The van der Waals surface area contributed by atoms with Gasteiger partial charge in [-0.05, 0) is 37.1 Å². The molecule has 25 heavy (non-hydrogen) atoms. The Labute approximate surface area is 147 Å². The van der Waals surface area contributed by atoms with Crippen LogP contribution in [-0.4, -0.2) is 17.8 Å². The van der Waals surface area contributed by atoms with Gasteiger partial charge in [0.2, 0.25) is 5.43 Å². The molecule has 1 atom stereocenters. The fourth-order valence-electron chi connectivity index (χ4n) is 2.92. The number of rotatable bonds is 4. The Morgan fingerprint density at radius 1 is 1.08 bits per heavy atom. The van der Waals surface area contributed by atoms with Crippen molar-refractivity contribution in [2.75, 3.05) is 6.61 Å². The van der Waals surface area contributed by atoms with Crippen LogP contribution in [0.4, 0.5) is 0 Å². The summed E-state index contributed by atoms with van der Waals surface area (Å²) in [7, 11) is 0. The van der Waals surface area contributed by atoms with E-state index in [0.29, 0.717) is 28.0 Å². The van der Waals surface area contributed by atoms with Crippen LogP contribution in [0.5, 0.6) is 5.75 Å². The van der Waals surface area contributed by atoms with Crippen molar-refractivity contribution in [3.8, 4) is 5.75 Å². The number of para-hydroxylation sites is 1. The highest BCUT2D eigenvalue weighted by atomic mass is 16.5. The van der Waals surface area contributed by atoms with E-state index >= 15 is 0 Å². The van der Waals surface area contributed by atoms with Crippen molar-refractivity contribution in [3.63, 3.8) is 0 Å². The minimum atomic E-state index is -0.0724. The third kappa shape index (κ3) is 4.20. The van der Waals surface area contributed by atoms with Crippen LogP contribution in [0.3, 0.4) is 0 Å². The maximum absolute atomic E-state index is 12.1. The Morgan fingerprint density at radius 2 is 1.84 bits per heavy atom. The second-order valence-electron chi connectivity index (χ2n) is 6.39. The molecule has 4 rings (SSSR count). The Hall–Kier alpha value is -2.33. The molecule has 0 amide bonds. The highest BCUT2D eigenvalue weighted by molar-refractivity contribution is 5.90. The summed E-state index contributed by atoms with van der Waals surface area (Å²) in [4.78, 5) is 12.1. The summed E-state index contributed by atoms with van der Waals surface area (Å²) >= 11 is 0. The highest BCUT2D eigenvalue weighted by Crippen LogP contribution is 2.21. The molecule has 1 unspecified atom stereocenters. The van der Waals surface area contributed by atoms with Gasteiger partial charge in [0.15, 0.2) is 0 Å². The molecule has 1 aromatic heterocycles. The lowest BCUT2D eigenvalue weighted by atomic mass is 10.1. The van der Waals surface area contributed by atoms with E-state index in [2.05, 4.69) is 6.92 Å². The van der Waals surface area contributed by atoms with Gasteiger partial charge in [-0.3, -0.25) is 4.79 Å². The zero-order valence-corrected chi connectivity index (χ0v) is 14.5. The van der Waals surface area contributed by atoms with Crippen molar-refractivity contribution in [1.82, 2.24) is 0 Å². The van der Waals surface area contributed by atoms with Gasteiger partial charge in [-0.15, -0.1) is 0 Å². The van der Waals surface area contributed by atoms with Crippen molar-refractivity contribution in [1.29, 1.82) is 0 Å². The van der Waals surface area contributed by atoms with Crippen molar-refractivity contribution >= 4 is 21.9 Å². The van der Waals surface area contributed by atoms with Crippen LogP contribution in [0.25, 0.3) is 21.9 Å². The number of benzene rings is 2. The zero-order valence-electron chi connectivity index (χ0n) is 14.5. The molecule has 3 aromatic rings. The lowest BCUT2D eigenvalue weighted by Crippen LogP contribution is -2.26. The lowest BCUT2D eigenvalue weighted by Gasteiger charge is -2.26. The van der Waals surface area contributed by atoms with E-state index in [1.165, 1.54) is 44.2 Å². The average molecular weight is 340 g/mol. The van der Waals surface area contributed by atoms with E-state index in [-0.39, 0.29) is 11.2 Å². The molecule has 1 fully saturated rings. The van der Waals surface area contributed by atoms with Gasteiger partial charge < -0.3 is 14.3 Å². The Morgan fingerprint density at radius 3 is 2.56 bits per heavy atom. The Kier molecular flexibility index (Phi) is 5.71. The Bertz CT molecular complexity index is 893. The third-order valence-electron chi connectivity index (χ3n) is 4.48. The normalized spacial score (nSPS) is 16.3. The number of aromatic hydroxyl groups is 1. The maximum atomic E-state index is 12.1. The molecule has 0 aliphatic carbocycles. The van der Waals surface area contributed by atoms with Crippen LogP contribution in [0, 0.1) is 0 Å². The SMILES string of the molecule is CCCCCC1CCO1.O=c1c2ccccc2oc2cc(O)ccc12. The molecule has 2 heterocycles. The smallest absolute Gasteiger partial charge is 0.200 e. The topological polar surface area (TPSA) is 59.7 Å². The van der Waals surface area contributed by atoms with Gasteiger partial charge in [0.25, 0.3) is 0 Å². The predicted molar refractivity (Wildman–Crippen MR) is 100 cm³/mol. The zero-order chi connectivity index (χ0) is 17.6. The molecule has 0 radical (unpaired) electrons. The van der Waals surface area contributed by atoms with E-state index in [4.69, 9.17) is 9.15 Å². The standard InChI is InChI=1S/C13H8O3.C8H16O/c14-8-5-6-10-12(7-8)16-11-4-2-1-3-9(11)13(10)15;1-2-3-4-5-8-6-7-9-8/h1-7,14H;8H,2-7H2,1H3. The second kappa shape index (κ2) is 8.17.